The van der Waals surface area contributed by atoms with Crippen molar-refractivity contribution in [2.24, 2.45) is 0 Å². The Labute approximate surface area is 102 Å². The van der Waals surface area contributed by atoms with Crippen LogP contribution in [0, 0.1) is 23.7 Å². The lowest BCUT2D eigenvalue weighted by atomic mass is 10.1. The Morgan fingerprint density at radius 3 is 2.41 bits per heavy atom. The highest BCUT2D eigenvalue weighted by molar-refractivity contribution is 5.20. The molecule has 1 atom stereocenters. The number of hydrogen-bond acceptors (Lipinski definition) is 3. The summed E-state index contributed by atoms with van der Waals surface area (Å²) >= 11 is 0. The molecule has 3 heteroatoms. The molecule has 1 aromatic carbocycles. The van der Waals surface area contributed by atoms with Crippen LogP contribution in [-0.4, -0.2) is 36.0 Å². The molecule has 0 aliphatic carbocycles. The molecule has 17 heavy (non-hydrogen) atoms. The van der Waals surface area contributed by atoms with Crippen LogP contribution in [0.25, 0.3) is 0 Å². The summed E-state index contributed by atoms with van der Waals surface area (Å²) in [5.41, 5.74) is 1.20. The van der Waals surface area contributed by atoms with E-state index in [-0.39, 0.29) is 6.17 Å². The van der Waals surface area contributed by atoms with Crippen molar-refractivity contribution >= 4 is 0 Å². The van der Waals surface area contributed by atoms with Crippen molar-refractivity contribution in [2.45, 2.75) is 6.17 Å². The van der Waals surface area contributed by atoms with Gasteiger partial charge in [-0.25, -0.2) is 0 Å². The van der Waals surface area contributed by atoms with E-state index in [0.29, 0.717) is 13.1 Å². The zero-order valence-electron chi connectivity index (χ0n) is 9.71. The molecule has 0 amide bonds. The number of nitrogens with zero attached hydrogens (tertiary/aromatic N) is 3. The van der Waals surface area contributed by atoms with Crippen LogP contribution in [0.15, 0.2) is 30.3 Å². The van der Waals surface area contributed by atoms with Crippen molar-refractivity contribution in [3.8, 4) is 18.4 Å². The van der Waals surface area contributed by atoms with E-state index >= 15 is 0 Å². The molecule has 3 nitrogen and oxygen atoms in total. The highest BCUT2D eigenvalue weighted by Crippen LogP contribution is 2.28. The van der Waals surface area contributed by atoms with Crippen LogP contribution in [-0.2, 0) is 0 Å². The predicted molar refractivity (Wildman–Crippen MR) is 66.8 cm³/mol. The van der Waals surface area contributed by atoms with E-state index in [0.717, 1.165) is 13.1 Å². The number of hydrogen-bond donors (Lipinski definition) is 0. The third-order valence-electron chi connectivity index (χ3n) is 3.03. The summed E-state index contributed by atoms with van der Waals surface area (Å²) in [6, 6.07) is 12.4. The molecule has 0 bridgehead atoms. The lowest BCUT2D eigenvalue weighted by molar-refractivity contribution is 0.164. The number of nitriles is 1. The standard InChI is InChI=1S/C14H15N3/c1-2-9-16-11-12-17(10-8-15)14(16)13-6-4-3-5-7-13/h1,3-7,14H,9-12H2. The Kier molecular flexibility index (Phi) is 3.77. The van der Waals surface area contributed by atoms with Crippen molar-refractivity contribution in [3.05, 3.63) is 35.9 Å². The molecule has 0 aromatic heterocycles. The maximum atomic E-state index is 8.86. The fourth-order valence-corrected chi connectivity index (χ4v) is 2.32. The minimum absolute atomic E-state index is 0.145. The molecule has 0 spiro atoms. The van der Waals surface area contributed by atoms with Gasteiger partial charge in [-0.15, -0.1) is 6.42 Å². The van der Waals surface area contributed by atoms with Crippen molar-refractivity contribution < 1.29 is 0 Å². The van der Waals surface area contributed by atoms with E-state index in [9.17, 15) is 0 Å². The summed E-state index contributed by atoms with van der Waals surface area (Å²) in [7, 11) is 0. The second kappa shape index (κ2) is 5.50. The van der Waals surface area contributed by atoms with Gasteiger partial charge in [0.25, 0.3) is 0 Å². The molecule has 0 N–H and O–H groups in total. The first kappa shape index (κ1) is 11.7. The van der Waals surface area contributed by atoms with E-state index in [4.69, 9.17) is 11.7 Å². The van der Waals surface area contributed by atoms with Crippen LogP contribution in [0.2, 0.25) is 0 Å². The molecule has 1 aliphatic rings. The van der Waals surface area contributed by atoms with Gasteiger partial charge in [-0.2, -0.15) is 5.26 Å². The molecular formula is C14H15N3. The molecule has 0 saturated carbocycles. The molecule has 1 unspecified atom stereocenters. The number of benzene rings is 1. The molecule has 0 radical (unpaired) electrons. The van der Waals surface area contributed by atoms with Crippen LogP contribution >= 0.6 is 0 Å². The fraction of sp³-hybridized carbons (Fsp3) is 0.357. The summed E-state index contributed by atoms with van der Waals surface area (Å²) < 4.78 is 0. The topological polar surface area (TPSA) is 30.3 Å². The lowest BCUT2D eigenvalue weighted by Gasteiger charge is -2.28. The van der Waals surface area contributed by atoms with E-state index < -0.39 is 0 Å². The maximum Gasteiger partial charge on any atom is 0.0903 e. The van der Waals surface area contributed by atoms with Crippen molar-refractivity contribution in [1.29, 1.82) is 5.26 Å². The third-order valence-corrected chi connectivity index (χ3v) is 3.03. The lowest BCUT2D eigenvalue weighted by Crippen LogP contribution is -2.31. The van der Waals surface area contributed by atoms with Crippen LogP contribution in [0.4, 0.5) is 0 Å². The number of terminal acetylenes is 1. The van der Waals surface area contributed by atoms with Crippen LogP contribution < -0.4 is 0 Å². The minimum Gasteiger partial charge on any atom is -0.272 e. The molecule has 1 aliphatic heterocycles. The van der Waals surface area contributed by atoms with Crippen LogP contribution in [0.5, 0.6) is 0 Å². The monoisotopic (exact) mass is 225 g/mol. The second-order valence-corrected chi connectivity index (χ2v) is 4.09. The third kappa shape index (κ3) is 2.47. The summed E-state index contributed by atoms with van der Waals surface area (Å²) in [6.07, 6.45) is 5.54. The zero-order chi connectivity index (χ0) is 12.1. The quantitative estimate of drug-likeness (QED) is 0.576. The largest absolute Gasteiger partial charge is 0.272 e. The van der Waals surface area contributed by atoms with Gasteiger partial charge >= 0.3 is 0 Å². The Morgan fingerprint density at radius 2 is 1.82 bits per heavy atom. The van der Waals surface area contributed by atoms with Gasteiger partial charge in [-0.1, -0.05) is 36.3 Å². The first-order valence-corrected chi connectivity index (χ1v) is 5.70. The van der Waals surface area contributed by atoms with Gasteiger partial charge in [0, 0.05) is 13.1 Å². The highest BCUT2D eigenvalue weighted by Gasteiger charge is 2.31. The summed E-state index contributed by atoms with van der Waals surface area (Å²) in [4.78, 5) is 4.39. The van der Waals surface area contributed by atoms with Gasteiger partial charge in [0.2, 0.25) is 0 Å². The predicted octanol–water partition coefficient (Wildman–Crippen LogP) is 1.46. The Balaban J connectivity index is 2.24. The number of rotatable bonds is 3. The van der Waals surface area contributed by atoms with Crippen molar-refractivity contribution in [1.82, 2.24) is 9.80 Å². The highest BCUT2D eigenvalue weighted by atomic mass is 15.4. The van der Waals surface area contributed by atoms with Crippen molar-refractivity contribution in [3.63, 3.8) is 0 Å². The van der Waals surface area contributed by atoms with Gasteiger partial charge < -0.3 is 0 Å². The van der Waals surface area contributed by atoms with E-state index in [1.165, 1.54) is 5.56 Å². The molecule has 86 valence electrons. The average Bonchev–Trinajstić information content (AvgIpc) is 2.74. The Morgan fingerprint density at radius 1 is 1.18 bits per heavy atom. The normalized spacial score (nSPS) is 20.9. The van der Waals surface area contributed by atoms with Crippen LogP contribution in [0.3, 0.4) is 0 Å². The minimum atomic E-state index is 0.145. The molecule has 1 saturated heterocycles. The molecule has 2 rings (SSSR count). The van der Waals surface area contributed by atoms with Gasteiger partial charge in [-0.3, -0.25) is 9.80 Å². The molecule has 1 aromatic rings. The van der Waals surface area contributed by atoms with Crippen LogP contribution in [0.1, 0.15) is 11.7 Å². The van der Waals surface area contributed by atoms with Crippen molar-refractivity contribution in [2.75, 3.05) is 26.2 Å². The zero-order valence-corrected chi connectivity index (χ0v) is 9.71. The molecule has 1 heterocycles. The molecule has 1 fully saturated rings. The Bertz CT molecular complexity index is 417. The van der Waals surface area contributed by atoms with Gasteiger partial charge in [-0.05, 0) is 5.56 Å². The molecular weight excluding hydrogens is 210 g/mol. The van der Waals surface area contributed by atoms with Gasteiger partial charge in [0.1, 0.15) is 0 Å². The first-order chi connectivity index (χ1) is 8.36. The maximum absolute atomic E-state index is 8.86. The second-order valence-electron chi connectivity index (χ2n) is 4.09. The van der Waals surface area contributed by atoms with E-state index in [1.807, 2.05) is 18.2 Å². The summed E-state index contributed by atoms with van der Waals surface area (Å²) in [5, 5.41) is 8.86. The average molecular weight is 225 g/mol. The Hall–Kier alpha value is -1.81. The smallest absolute Gasteiger partial charge is 0.0903 e. The summed E-state index contributed by atoms with van der Waals surface area (Å²) in [5.74, 6) is 2.69. The van der Waals surface area contributed by atoms with Gasteiger partial charge in [0.05, 0.1) is 25.3 Å². The first-order valence-electron chi connectivity index (χ1n) is 5.70. The van der Waals surface area contributed by atoms with E-state index in [2.05, 4.69) is 33.9 Å². The van der Waals surface area contributed by atoms with Gasteiger partial charge in [0.15, 0.2) is 0 Å². The SMILES string of the molecule is C#CCN1CCN(CC#N)C1c1ccccc1. The summed E-state index contributed by atoms with van der Waals surface area (Å²) in [6.45, 7) is 2.89. The fourth-order valence-electron chi connectivity index (χ4n) is 2.32. The van der Waals surface area contributed by atoms with E-state index in [1.54, 1.807) is 0 Å².